The number of carbonyl (C=O) groups excluding carboxylic acids is 1. The summed E-state index contributed by atoms with van der Waals surface area (Å²) < 4.78 is 0. The zero-order chi connectivity index (χ0) is 9.68. The van der Waals surface area contributed by atoms with E-state index in [0.717, 1.165) is 11.3 Å². The minimum Gasteiger partial charge on any atom is -0.282 e. The van der Waals surface area contributed by atoms with Crippen LogP contribution in [0.15, 0.2) is 36.9 Å². The van der Waals surface area contributed by atoms with Gasteiger partial charge in [-0.15, -0.1) is 0 Å². The van der Waals surface area contributed by atoms with Gasteiger partial charge in [-0.3, -0.25) is 4.79 Å². The molecule has 0 atom stereocenters. The summed E-state index contributed by atoms with van der Waals surface area (Å²) in [6.45, 7) is 5.73. The van der Waals surface area contributed by atoms with Gasteiger partial charge in [0, 0.05) is 5.57 Å². The summed E-state index contributed by atoms with van der Waals surface area (Å²) in [5.41, 5.74) is 1.50. The molecule has 0 N–H and O–H groups in total. The SMILES string of the molecule is C=C(C(=O)SCC)c1ccccc1. The van der Waals surface area contributed by atoms with Gasteiger partial charge in [0.05, 0.1) is 0 Å². The average molecular weight is 192 g/mol. The summed E-state index contributed by atoms with van der Waals surface area (Å²) in [7, 11) is 0. The Balaban J connectivity index is 2.74. The molecule has 1 aromatic carbocycles. The first-order chi connectivity index (χ1) is 6.25. The number of hydrogen-bond donors (Lipinski definition) is 0. The topological polar surface area (TPSA) is 17.1 Å². The lowest BCUT2D eigenvalue weighted by Crippen LogP contribution is -1.95. The highest BCUT2D eigenvalue weighted by atomic mass is 32.2. The summed E-state index contributed by atoms with van der Waals surface area (Å²) >= 11 is 1.30. The first-order valence-electron chi connectivity index (χ1n) is 4.17. The number of benzene rings is 1. The maximum atomic E-state index is 11.4. The third-order valence-corrected chi connectivity index (χ3v) is 2.44. The van der Waals surface area contributed by atoms with Crippen LogP contribution in [0.1, 0.15) is 12.5 Å². The van der Waals surface area contributed by atoms with E-state index in [-0.39, 0.29) is 5.12 Å². The summed E-state index contributed by atoms with van der Waals surface area (Å²) in [6.07, 6.45) is 0. The van der Waals surface area contributed by atoms with Gasteiger partial charge in [0.15, 0.2) is 0 Å². The highest BCUT2D eigenvalue weighted by molar-refractivity contribution is 8.14. The predicted molar refractivity (Wildman–Crippen MR) is 58.6 cm³/mol. The maximum Gasteiger partial charge on any atom is 0.219 e. The van der Waals surface area contributed by atoms with Gasteiger partial charge in [0.1, 0.15) is 0 Å². The molecule has 0 amide bonds. The van der Waals surface area contributed by atoms with Crippen molar-refractivity contribution < 1.29 is 4.79 Å². The maximum absolute atomic E-state index is 11.4. The molecule has 0 heterocycles. The number of thioether (sulfide) groups is 1. The van der Waals surface area contributed by atoms with Crippen LogP contribution >= 0.6 is 11.8 Å². The fraction of sp³-hybridized carbons (Fsp3) is 0.182. The minimum atomic E-state index is 0.0636. The van der Waals surface area contributed by atoms with Gasteiger partial charge in [-0.2, -0.15) is 0 Å². The average Bonchev–Trinajstić information content (AvgIpc) is 2.18. The Kier molecular flexibility index (Phi) is 3.77. The smallest absolute Gasteiger partial charge is 0.219 e. The zero-order valence-corrected chi connectivity index (χ0v) is 8.43. The summed E-state index contributed by atoms with van der Waals surface area (Å²) in [4.78, 5) is 11.4. The van der Waals surface area contributed by atoms with Crippen molar-refractivity contribution in [2.45, 2.75) is 6.92 Å². The first-order valence-corrected chi connectivity index (χ1v) is 5.15. The van der Waals surface area contributed by atoms with Gasteiger partial charge in [-0.25, -0.2) is 0 Å². The lowest BCUT2D eigenvalue weighted by molar-refractivity contribution is -0.106. The van der Waals surface area contributed by atoms with Crippen LogP contribution in [0.2, 0.25) is 0 Å². The van der Waals surface area contributed by atoms with E-state index in [1.807, 2.05) is 37.3 Å². The third kappa shape index (κ3) is 2.74. The Labute approximate surface area is 82.9 Å². The zero-order valence-electron chi connectivity index (χ0n) is 7.62. The van der Waals surface area contributed by atoms with Crippen LogP contribution in [0.25, 0.3) is 5.57 Å². The summed E-state index contributed by atoms with van der Waals surface area (Å²) in [6, 6.07) is 9.54. The predicted octanol–water partition coefficient (Wildman–Crippen LogP) is 2.98. The Bertz CT molecular complexity index is 303. The minimum absolute atomic E-state index is 0.0636. The quantitative estimate of drug-likeness (QED) is 0.685. The van der Waals surface area contributed by atoms with E-state index < -0.39 is 0 Å². The van der Waals surface area contributed by atoms with Crippen molar-refractivity contribution in [1.29, 1.82) is 0 Å². The molecule has 0 bridgehead atoms. The molecule has 0 radical (unpaired) electrons. The van der Waals surface area contributed by atoms with Gasteiger partial charge in [-0.1, -0.05) is 55.6 Å². The lowest BCUT2D eigenvalue weighted by atomic mass is 10.1. The van der Waals surface area contributed by atoms with Crippen molar-refractivity contribution in [3.05, 3.63) is 42.5 Å². The molecule has 0 aliphatic carbocycles. The molecule has 1 aromatic rings. The van der Waals surface area contributed by atoms with Crippen molar-refractivity contribution in [1.82, 2.24) is 0 Å². The molecule has 2 heteroatoms. The van der Waals surface area contributed by atoms with Gasteiger partial charge in [0.25, 0.3) is 0 Å². The second kappa shape index (κ2) is 4.87. The van der Waals surface area contributed by atoms with Crippen molar-refractivity contribution >= 4 is 22.5 Å². The third-order valence-electron chi connectivity index (χ3n) is 1.64. The summed E-state index contributed by atoms with van der Waals surface area (Å²) in [5, 5.41) is 0.0636. The normalized spacial score (nSPS) is 9.62. The molecular formula is C11H12OS. The Morgan fingerprint density at radius 3 is 2.54 bits per heavy atom. The van der Waals surface area contributed by atoms with Gasteiger partial charge in [-0.05, 0) is 11.3 Å². The molecule has 1 nitrogen and oxygen atoms in total. The van der Waals surface area contributed by atoms with Crippen LogP contribution in [0.5, 0.6) is 0 Å². The molecule has 0 fully saturated rings. The van der Waals surface area contributed by atoms with E-state index in [0.29, 0.717) is 5.57 Å². The summed E-state index contributed by atoms with van der Waals surface area (Å²) in [5.74, 6) is 0.796. The van der Waals surface area contributed by atoms with Crippen LogP contribution in [0.3, 0.4) is 0 Å². The van der Waals surface area contributed by atoms with Crippen molar-refractivity contribution in [2.24, 2.45) is 0 Å². The van der Waals surface area contributed by atoms with Crippen LogP contribution in [0.4, 0.5) is 0 Å². The largest absolute Gasteiger partial charge is 0.282 e. The highest BCUT2D eigenvalue weighted by Gasteiger charge is 2.07. The van der Waals surface area contributed by atoms with Crippen LogP contribution < -0.4 is 0 Å². The number of hydrogen-bond acceptors (Lipinski definition) is 2. The Morgan fingerprint density at radius 1 is 1.38 bits per heavy atom. The van der Waals surface area contributed by atoms with E-state index in [2.05, 4.69) is 6.58 Å². The van der Waals surface area contributed by atoms with E-state index in [1.165, 1.54) is 11.8 Å². The van der Waals surface area contributed by atoms with E-state index >= 15 is 0 Å². The molecule has 0 aromatic heterocycles. The van der Waals surface area contributed by atoms with Crippen molar-refractivity contribution in [3.63, 3.8) is 0 Å². The molecule has 0 aliphatic rings. The van der Waals surface area contributed by atoms with E-state index in [1.54, 1.807) is 0 Å². The van der Waals surface area contributed by atoms with Gasteiger partial charge < -0.3 is 0 Å². The fourth-order valence-corrected chi connectivity index (χ4v) is 1.53. The van der Waals surface area contributed by atoms with Gasteiger partial charge in [0.2, 0.25) is 5.12 Å². The Morgan fingerprint density at radius 2 is 2.00 bits per heavy atom. The van der Waals surface area contributed by atoms with Crippen LogP contribution in [-0.4, -0.2) is 10.9 Å². The molecule has 68 valence electrons. The van der Waals surface area contributed by atoms with Gasteiger partial charge >= 0.3 is 0 Å². The molecule has 0 saturated carbocycles. The van der Waals surface area contributed by atoms with E-state index in [4.69, 9.17) is 0 Å². The standard InChI is InChI=1S/C11H12OS/c1-3-13-11(12)9(2)10-7-5-4-6-8-10/h4-8H,2-3H2,1H3. The lowest BCUT2D eigenvalue weighted by Gasteiger charge is -2.02. The van der Waals surface area contributed by atoms with Crippen molar-refractivity contribution in [3.8, 4) is 0 Å². The molecule has 0 aliphatic heterocycles. The van der Waals surface area contributed by atoms with Crippen LogP contribution in [-0.2, 0) is 4.79 Å². The number of rotatable bonds is 3. The highest BCUT2D eigenvalue weighted by Crippen LogP contribution is 2.18. The monoisotopic (exact) mass is 192 g/mol. The molecule has 0 saturated heterocycles. The molecular weight excluding hydrogens is 180 g/mol. The van der Waals surface area contributed by atoms with E-state index in [9.17, 15) is 4.79 Å². The fourth-order valence-electron chi connectivity index (χ4n) is 0.975. The van der Waals surface area contributed by atoms with Crippen LogP contribution in [0, 0.1) is 0 Å². The molecule has 1 rings (SSSR count). The second-order valence-electron chi connectivity index (χ2n) is 2.57. The first kappa shape index (κ1) is 10.1. The second-order valence-corrected chi connectivity index (χ2v) is 3.80. The Hall–Kier alpha value is -1.02. The number of carbonyl (C=O) groups is 1. The van der Waals surface area contributed by atoms with Crippen molar-refractivity contribution in [2.75, 3.05) is 5.75 Å². The molecule has 13 heavy (non-hydrogen) atoms. The molecule has 0 unspecified atom stereocenters. The molecule has 0 spiro atoms.